The van der Waals surface area contributed by atoms with E-state index in [0.717, 1.165) is 0 Å². The highest BCUT2D eigenvalue weighted by molar-refractivity contribution is 5.20. The molecule has 0 heterocycles. The van der Waals surface area contributed by atoms with Crippen LogP contribution in [0, 0.1) is 0 Å². The fourth-order valence-corrected chi connectivity index (χ4v) is 0. The van der Waals surface area contributed by atoms with Gasteiger partial charge in [-0.3, -0.25) is 0 Å². The third-order valence-corrected chi connectivity index (χ3v) is 0. The summed E-state index contributed by atoms with van der Waals surface area (Å²) in [5.41, 5.74) is 0. The van der Waals surface area contributed by atoms with Crippen LogP contribution in [0.1, 0.15) is 7.43 Å². The molecule has 2 N–H and O–H groups in total. The molecule has 7 heavy (non-hydrogen) atoms. The molecule has 0 rings (SSSR count). The Morgan fingerprint density at radius 1 is 1.29 bits per heavy atom. The van der Waals surface area contributed by atoms with Gasteiger partial charge < -0.3 is 10.2 Å². The smallest absolute Gasteiger partial charge is 0.371 e. The summed E-state index contributed by atoms with van der Waals surface area (Å²) < 4.78 is 0. The lowest BCUT2D eigenvalue weighted by Crippen LogP contribution is -1.66. The molecular formula is C3H8O4. The fourth-order valence-electron chi connectivity index (χ4n) is 0. The largest absolute Gasteiger partial charge is 0.373 e. The Balaban J connectivity index is -0.0000000400. The zero-order chi connectivity index (χ0) is 5.41. The molecule has 0 fully saturated rings. The Labute approximate surface area is 41.4 Å². The zero-order valence-corrected chi connectivity index (χ0v) is 2.92. The van der Waals surface area contributed by atoms with Gasteiger partial charge in [-0.1, -0.05) is 7.43 Å². The van der Waals surface area contributed by atoms with Gasteiger partial charge in [0.1, 0.15) is 6.79 Å². The van der Waals surface area contributed by atoms with Gasteiger partial charge in [-0.05, 0) is 0 Å². The van der Waals surface area contributed by atoms with E-state index in [4.69, 9.17) is 19.8 Å². The molecule has 44 valence electrons. The van der Waals surface area contributed by atoms with E-state index in [2.05, 4.69) is 0 Å². The molecule has 0 spiro atoms. The third-order valence-electron chi connectivity index (χ3n) is 0. The van der Waals surface area contributed by atoms with Crippen LogP contribution in [0.2, 0.25) is 0 Å². The van der Waals surface area contributed by atoms with Crippen molar-refractivity contribution >= 4 is 6.15 Å². The molecule has 4 nitrogen and oxygen atoms in total. The van der Waals surface area contributed by atoms with Crippen molar-refractivity contribution in [1.29, 1.82) is 0 Å². The van der Waals surface area contributed by atoms with Crippen LogP contribution >= 0.6 is 0 Å². The van der Waals surface area contributed by atoms with E-state index in [1.807, 2.05) is 0 Å². The van der Waals surface area contributed by atoms with Crippen LogP contribution in [-0.2, 0) is 9.59 Å². The first-order chi connectivity index (χ1) is 2.83. The molecular weight excluding hydrogens is 100 g/mol. The molecule has 0 atom stereocenters. The second kappa shape index (κ2) is 58.0. The Hall–Kier alpha value is -0.700. The Morgan fingerprint density at radius 2 is 1.29 bits per heavy atom. The third kappa shape index (κ3) is 118. The number of aliphatic hydroxyl groups excluding tert-OH is 1. The molecule has 0 saturated heterocycles. The van der Waals surface area contributed by atoms with Gasteiger partial charge in [0.25, 0.3) is 0 Å². The van der Waals surface area contributed by atoms with E-state index in [1.165, 1.54) is 0 Å². The van der Waals surface area contributed by atoms with Crippen molar-refractivity contribution < 1.29 is 19.8 Å². The maximum atomic E-state index is 8.12. The van der Waals surface area contributed by atoms with Gasteiger partial charge in [0.05, 0.1) is 0 Å². The molecule has 0 saturated carbocycles. The molecule has 0 aliphatic rings. The maximum Gasteiger partial charge on any atom is 0.373 e. The Kier molecular flexibility index (Phi) is 135. The summed E-state index contributed by atoms with van der Waals surface area (Å²) >= 11 is 0. The molecule has 0 aromatic heterocycles. The van der Waals surface area contributed by atoms with Crippen LogP contribution in [-0.4, -0.2) is 23.2 Å². The Morgan fingerprint density at radius 3 is 1.29 bits per heavy atom. The summed E-state index contributed by atoms with van der Waals surface area (Å²) in [6.07, 6.45) is 0.250. The first kappa shape index (κ1) is 16.3. The van der Waals surface area contributed by atoms with Crippen molar-refractivity contribution in [2.75, 3.05) is 6.79 Å². The molecule has 0 amide bonds. The number of aliphatic hydroxyl groups is 2. The first-order valence-electron chi connectivity index (χ1n) is 1.04. The van der Waals surface area contributed by atoms with Crippen LogP contribution in [0.3, 0.4) is 0 Å². The van der Waals surface area contributed by atoms with Gasteiger partial charge in [-0.25, -0.2) is 0 Å². The van der Waals surface area contributed by atoms with Crippen molar-refractivity contribution in [2.45, 2.75) is 7.43 Å². The van der Waals surface area contributed by atoms with Crippen molar-refractivity contribution in [3.63, 3.8) is 0 Å². The van der Waals surface area contributed by atoms with Gasteiger partial charge in [0.15, 0.2) is 0 Å². The highest BCUT2D eigenvalue weighted by atomic mass is 16.5. The van der Waals surface area contributed by atoms with E-state index < -0.39 is 6.79 Å². The van der Waals surface area contributed by atoms with Gasteiger partial charge in [-0.2, -0.15) is 9.59 Å². The molecule has 0 aromatic rings. The zero-order valence-electron chi connectivity index (χ0n) is 2.92. The van der Waals surface area contributed by atoms with Crippen molar-refractivity contribution in [3.05, 3.63) is 0 Å². The highest BCUT2D eigenvalue weighted by Gasteiger charge is 1.32. The van der Waals surface area contributed by atoms with Crippen LogP contribution in [0.4, 0.5) is 0 Å². The van der Waals surface area contributed by atoms with Crippen LogP contribution in [0.15, 0.2) is 0 Å². The Bertz CT molecular complexity index is 36.2. The monoisotopic (exact) mass is 108 g/mol. The number of hydrogen-bond donors (Lipinski definition) is 2. The quantitative estimate of drug-likeness (QED) is 0.389. The van der Waals surface area contributed by atoms with E-state index in [0.29, 0.717) is 0 Å². The maximum absolute atomic E-state index is 8.12. The molecule has 0 unspecified atom stereocenters. The van der Waals surface area contributed by atoms with E-state index in [9.17, 15) is 0 Å². The summed E-state index contributed by atoms with van der Waals surface area (Å²) in [6, 6.07) is 0. The second-order valence-electron chi connectivity index (χ2n) is 0.225. The minimum absolute atomic E-state index is 0. The topological polar surface area (TPSA) is 74.6 Å². The molecule has 0 aliphatic carbocycles. The fraction of sp³-hybridized carbons (Fsp3) is 0.667. The van der Waals surface area contributed by atoms with Gasteiger partial charge >= 0.3 is 6.15 Å². The number of hydrogen-bond acceptors (Lipinski definition) is 4. The molecule has 4 heteroatoms. The molecule has 0 radical (unpaired) electrons. The second-order valence-corrected chi connectivity index (χ2v) is 0.225. The average Bonchev–Trinajstić information content (AvgIpc) is 1.39. The van der Waals surface area contributed by atoms with Crippen molar-refractivity contribution in [1.82, 2.24) is 0 Å². The molecule has 0 aliphatic heterocycles. The van der Waals surface area contributed by atoms with Crippen molar-refractivity contribution in [3.8, 4) is 0 Å². The van der Waals surface area contributed by atoms with E-state index in [-0.39, 0.29) is 13.6 Å². The van der Waals surface area contributed by atoms with Gasteiger partial charge in [0.2, 0.25) is 0 Å². The highest BCUT2D eigenvalue weighted by Crippen LogP contribution is 1.17. The average molecular weight is 108 g/mol. The predicted molar refractivity (Wildman–Crippen MR) is 21.0 cm³/mol. The summed E-state index contributed by atoms with van der Waals surface area (Å²) in [4.78, 5) is 16.2. The normalized spacial score (nSPS) is 3.71. The van der Waals surface area contributed by atoms with E-state index >= 15 is 0 Å². The SMILES string of the molecule is C.O=C=O.OCO. The standard InChI is InChI=1S/CH4O2.CO2.CH4/c2*2-1-3;/h2-3H,1H2;;1H4. The summed E-state index contributed by atoms with van der Waals surface area (Å²) in [7, 11) is 0. The number of carbonyl (C=O) groups excluding carboxylic acids is 2. The lowest BCUT2D eigenvalue weighted by molar-refractivity contribution is -0.191. The predicted octanol–water partition coefficient (Wildman–Crippen LogP) is -1.02. The van der Waals surface area contributed by atoms with Crippen LogP contribution in [0.25, 0.3) is 0 Å². The van der Waals surface area contributed by atoms with Crippen LogP contribution < -0.4 is 0 Å². The molecule has 0 aromatic carbocycles. The van der Waals surface area contributed by atoms with Crippen LogP contribution in [0.5, 0.6) is 0 Å². The summed E-state index contributed by atoms with van der Waals surface area (Å²) in [6.45, 7) is -0.750. The molecule has 0 bridgehead atoms. The van der Waals surface area contributed by atoms with Gasteiger partial charge in [0, 0.05) is 0 Å². The lowest BCUT2D eigenvalue weighted by atomic mass is 11.6. The van der Waals surface area contributed by atoms with E-state index in [1.54, 1.807) is 0 Å². The minimum atomic E-state index is -0.750. The summed E-state index contributed by atoms with van der Waals surface area (Å²) in [5, 5.41) is 14.2. The minimum Gasteiger partial charge on any atom is -0.371 e. The van der Waals surface area contributed by atoms with Gasteiger partial charge in [-0.15, -0.1) is 0 Å². The number of rotatable bonds is 0. The first-order valence-corrected chi connectivity index (χ1v) is 1.04. The lowest BCUT2D eigenvalue weighted by Gasteiger charge is -1.55. The summed E-state index contributed by atoms with van der Waals surface area (Å²) in [5.74, 6) is 0. The van der Waals surface area contributed by atoms with Crippen molar-refractivity contribution in [2.24, 2.45) is 0 Å².